The predicted octanol–water partition coefficient (Wildman–Crippen LogP) is 0.962. The Morgan fingerprint density at radius 1 is 1.38 bits per heavy atom. The third-order valence-corrected chi connectivity index (χ3v) is 4.91. The number of methoxy groups -OCH3 is 1. The Morgan fingerprint density at radius 2 is 2.08 bits per heavy atom. The first-order chi connectivity index (χ1) is 11.5. The summed E-state index contributed by atoms with van der Waals surface area (Å²) in [7, 11) is 1.61. The number of hydrogen-bond acceptors (Lipinski definition) is 6. The van der Waals surface area contributed by atoms with E-state index in [2.05, 4.69) is 15.2 Å². The van der Waals surface area contributed by atoms with Gasteiger partial charge in [0.15, 0.2) is 0 Å². The molecule has 1 aliphatic rings. The fourth-order valence-electron chi connectivity index (χ4n) is 2.50. The molecule has 1 N–H and O–H groups in total. The number of piperazine rings is 1. The first kappa shape index (κ1) is 18.8. The summed E-state index contributed by atoms with van der Waals surface area (Å²) in [5.74, 6) is 0.00476. The second-order valence-corrected chi connectivity index (χ2v) is 6.95. The lowest BCUT2D eigenvalue weighted by Crippen LogP contribution is -2.51. The average molecular weight is 354 g/mol. The largest absolute Gasteiger partial charge is 0.378 e. The highest BCUT2D eigenvalue weighted by Crippen LogP contribution is 2.14. The maximum Gasteiger partial charge on any atom is 0.273 e. The van der Waals surface area contributed by atoms with Crippen LogP contribution in [-0.4, -0.2) is 72.5 Å². The zero-order chi connectivity index (χ0) is 17.5. The highest BCUT2D eigenvalue weighted by molar-refractivity contribution is 7.09. The van der Waals surface area contributed by atoms with E-state index in [0.29, 0.717) is 45.0 Å². The van der Waals surface area contributed by atoms with E-state index in [-0.39, 0.29) is 17.9 Å². The van der Waals surface area contributed by atoms with Crippen molar-refractivity contribution >= 4 is 23.2 Å². The van der Waals surface area contributed by atoms with Crippen molar-refractivity contribution in [3.8, 4) is 0 Å². The molecule has 134 valence electrons. The maximum atomic E-state index is 12.5. The fraction of sp³-hybridized carbons (Fsp3) is 0.688. The van der Waals surface area contributed by atoms with Crippen molar-refractivity contribution in [3.63, 3.8) is 0 Å². The minimum atomic E-state index is -0.0442. The molecule has 0 aromatic carbocycles. The van der Waals surface area contributed by atoms with Gasteiger partial charge in [-0.3, -0.25) is 14.5 Å². The summed E-state index contributed by atoms with van der Waals surface area (Å²) >= 11 is 1.44. The standard InChI is InChI=1S/C16H26N4O3S/c1-4-12(2)17-14(21)9-19-5-7-20(8-6-19)16(22)13-11-24-15(18-13)10-23-3/h11-12H,4-10H2,1-3H3,(H,17,21). The SMILES string of the molecule is CCC(C)NC(=O)CN1CCN(C(=O)c2csc(COC)n2)CC1. The number of hydrogen-bond donors (Lipinski definition) is 1. The highest BCUT2D eigenvalue weighted by atomic mass is 32.1. The van der Waals surface area contributed by atoms with Crippen LogP contribution in [0.25, 0.3) is 0 Å². The van der Waals surface area contributed by atoms with E-state index < -0.39 is 0 Å². The van der Waals surface area contributed by atoms with Gasteiger partial charge in [0.25, 0.3) is 5.91 Å². The molecule has 8 heteroatoms. The number of ether oxygens (including phenoxy) is 1. The molecule has 0 spiro atoms. The molecule has 1 saturated heterocycles. The van der Waals surface area contributed by atoms with Gasteiger partial charge in [-0.1, -0.05) is 6.92 Å². The van der Waals surface area contributed by atoms with Crippen LogP contribution in [-0.2, 0) is 16.1 Å². The Bertz CT molecular complexity index is 555. The Hall–Kier alpha value is -1.51. The average Bonchev–Trinajstić information content (AvgIpc) is 3.03. The maximum absolute atomic E-state index is 12.5. The van der Waals surface area contributed by atoms with Crippen molar-refractivity contribution in [2.75, 3.05) is 39.8 Å². The van der Waals surface area contributed by atoms with Gasteiger partial charge in [-0.15, -0.1) is 11.3 Å². The van der Waals surface area contributed by atoms with E-state index in [4.69, 9.17) is 4.74 Å². The second-order valence-electron chi connectivity index (χ2n) is 6.00. The van der Waals surface area contributed by atoms with E-state index in [1.807, 2.05) is 13.8 Å². The molecule has 2 amide bonds. The summed E-state index contributed by atoms with van der Waals surface area (Å²) in [6.45, 7) is 7.51. The number of carbonyl (C=O) groups excluding carboxylic acids is 2. The van der Waals surface area contributed by atoms with Crippen LogP contribution in [0.2, 0.25) is 0 Å². The van der Waals surface area contributed by atoms with Gasteiger partial charge in [0.2, 0.25) is 5.91 Å². The Labute approximate surface area is 147 Å². The van der Waals surface area contributed by atoms with E-state index in [0.717, 1.165) is 11.4 Å². The smallest absolute Gasteiger partial charge is 0.273 e. The fourth-order valence-corrected chi connectivity index (χ4v) is 3.23. The zero-order valence-corrected chi connectivity index (χ0v) is 15.4. The molecule has 1 atom stereocenters. The lowest BCUT2D eigenvalue weighted by molar-refractivity contribution is -0.123. The van der Waals surface area contributed by atoms with Gasteiger partial charge in [-0.2, -0.15) is 0 Å². The minimum Gasteiger partial charge on any atom is -0.378 e. The van der Waals surface area contributed by atoms with Crippen LogP contribution >= 0.6 is 11.3 Å². The molecular weight excluding hydrogens is 328 g/mol. The first-order valence-corrected chi connectivity index (χ1v) is 9.15. The zero-order valence-electron chi connectivity index (χ0n) is 14.6. The van der Waals surface area contributed by atoms with E-state index in [9.17, 15) is 9.59 Å². The van der Waals surface area contributed by atoms with Crippen LogP contribution in [0.15, 0.2) is 5.38 Å². The van der Waals surface area contributed by atoms with Crippen molar-refractivity contribution in [1.82, 2.24) is 20.1 Å². The molecule has 1 unspecified atom stereocenters. The minimum absolute atomic E-state index is 0.0442. The van der Waals surface area contributed by atoms with Gasteiger partial charge in [0, 0.05) is 44.7 Å². The van der Waals surface area contributed by atoms with Crippen LogP contribution in [0.3, 0.4) is 0 Å². The molecule has 1 aromatic heterocycles. The van der Waals surface area contributed by atoms with Gasteiger partial charge in [-0.25, -0.2) is 4.98 Å². The molecule has 1 aliphatic heterocycles. The molecule has 1 fully saturated rings. The molecule has 2 rings (SSSR count). The normalized spacial score (nSPS) is 16.9. The molecule has 2 heterocycles. The van der Waals surface area contributed by atoms with Crippen molar-refractivity contribution in [2.45, 2.75) is 32.9 Å². The first-order valence-electron chi connectivity index (χ1n) is 8.27. The molecule has 24 heavy (non-hydrogen) atoms. The van der Waals surface area contributed by atoms with Crippen molar-refractivity contribution in [1.29, 1.82) is 0 Å². The number of nitrogens with one attached hydrogen (secondary N) is 1. The molecule has 0 radical (unpaired) electrons. The summed E-state index contributed by atoms with van der Waals surface area (Å²) in [5.41, 5.74) is 0.481. The number of amides is 2. The van der Waals surface area contributed by atoms with E-state index in [1.54, 1.807) is 17.4 Å². The summed E-state index contributed by atoms with van der Waals surface area (Å²) in [6.07, 6.45) is 0.923. The van der Waals surface area contributed by atoms with Gasteiger partial charge in [-0.05, 0) is 13.3 Å². The monoisotopic (exact) mass is 354 g/mol. The third kappa shape index (κ3) is 5.25. The Balaban J connectivity index is 1.79. The Morgan fingerprint density at radius 3 is 2.71 bits per heavy atom. The van der Waals surface area contributed by atoms with E-state index >= 15 is 0 Å². The lowest BCUT2D eigenvalue weighted by atomic mass is 10.2. The van der Waals surface area contributed by atoms with Gasteiger partial charge in [0.05, 0.1) is 13.2 Å². The summed E-state index contributed by atoms with van der Waals surface area (Å²) in [6, 6.07) is 0.200. The third-order valence-electron chi connectivity index (χ3n) is 4.09. The number of carbonyl (C=O) groups is 2. The van der Waals surface area contributed by atoms with Crippen LogP contribution in [0, 0.1) is 0 Å². The van der Waals surface area contributed by atoms with Crippen LogP contribution in [0.5, 0.6) is 0 Å². The van der Waals surface area contributed by atoms with Crippen LogP contribution in [0.4, 0.5) is 0 Å². The summed E-state index contributed by atoms with van der Waals surface area (Å²) in [4.78, 5) is 32.6. The molecule has 0 bridgehead atoms. The molecule has 0 aliphatic carbocycles. The molecule has 1 aromatic rings. The number of aromatic nitrogens is 1. The number of thiazole rings is 1. The van der Waals surface area contributed by atoms with Gasteiger partial charge >= 0.3 is 0 Å². The molecule has 0 saturated carbocycles. The van der Waals surface area contributed by atoms with E-state index in [1.165, 1.54) is 11.3 Å². The van der Waals surface area contributed by atoms with Crippen LogP contribution < -0.4 is 5.32 Å². The van der Waals surface area contributed by atoms with Gasteiger partial charge in [0.1, 0.15) is 10.7 Å². The quantitative estimate of drug-likeness (QED) is 0.789. The highest BCUT2D eigenvalue weighted by Gasteiger charge is 2.24. The van der Waals surface area contributed by atoms with Crippen molar-refractivity contribution in [2.24, 2.45) is 0 Å². The van der Waals surface area contributed by atoms with Crippen molar-refractivity contribution < 1.29 is 14.3 Å². The van der Waals surface area contributed by atoms with Crippen LogP contribution in [0.1, 0.15) is 35.8 Å². The van der Waals surface area contributed by atoms with Gasteiger partial charge < -0.3 is 15.0 Å². The predicted molar refractivity (Wildman–Crippen MR) is 93.1 cm³/mol. The topological polar surface area (TPSA) is 74.8 Å². The second kappa shape index (κ2) is 9.10. The summed E-state index contributed by atoms with van der Waals surface area (Å²) < 4.78 is 5.03. The Kier molecular flexibility index (Phi) is 7.14. The summed E-state index contributed by atoms with van der Waals surface area (Å²) in [5, 5.41) is 5.56. The lowest BCUT2D eigenvalue weighted by Gasteiger charge is -2.34. The molecule has 7 nitrogen and oxygen atoms in total. The number of rotatable bonds is 7. The number of nitrogens with zero attached hydrogens (tertiary/aromatic N) is 3. The van der Waals surface area contributed by atoms with Crippen molar-refractivity contribution in [3.05, 3.63) is 16.1 Å². The molecular formula is C16H26N4O3S.